The van der Waals surface area contributed by atoms with Crippen molar-refractivity contribution in [3.8, 4) is 11.8 Å². The van der Waals surface area contributed by atoms with Gasteiger partial charge in [0.1, 0.15) is 6.61 Å². The van der Waals surface area contributed by atoms with E-state index in [0.717, 1.165) is 10.4 Å². The molecule has 1 aromatic rings. The maximum absolute atomic E-state index is 11.8. The van der Waals surface area contributed by atoms with Crippen molar-refractivity contribution in [1.29, 1.82) is 0 Å². The Balaban J connectivity index is 2.56. The van der Waals surface area contributed by atoms with Crippen molar-refractivity contribution in [2.75, 3.05) is 18.9 Å². The second-order valence-electron chi connectivity index (χ2n) is 4.06. The summed E-state index contributed by atoms with van der Waals surface area (Å²) in [7, 11) is -3.49. The van der Waals surface area contributed by atoms with Crippen LogP contribution in [0.4, 0.5) is 0 Å². The highest BCUT2D eigenvalue weighted by Crippen LogP contribution is 2.20. The number of nitrogens with two attached hydrogens (primary N) is 1. The Labute approximate surface area is 122 Å². The van der Waals surface area contributed by atoms with Crippen LogP contribution in [0.15, 0.2) is 6.07 Å². The van der Waals surface area contributed by atoms with Gasteiger partial charge in [0, 0.05) is 6.54 Å². The summed E-state index contributed by atoms with van der Waals surface area (Å²) in [6, 6.07) is 1.71. The number of rotatable bonds is 5. The van der Waals surface area contributed by atoms with Crippen LogP contribution in [0.1, 0.15) is 26.5 Å². The highest BCUT2D eigenvalue weighted by atomic mass is 32.2. The van der Waals surface area contributed by atoms with E-state index in [4.69, 9.17) is 10.2 Å². The largest absolute Gasteiger partial charge is 0.384 e. The van der Waals surface area contributed by atoms with Crippen LogP contribution < -0.4 is 10.5 Å². The van der Waals surface area contributed by atoms with Gasteiger partial charge in [-0.2, -0.15) is 0 Å². The molecule has 1 aromatic heterocycles. The molecule has 0 aliphatic heterocycles. The van der Waals surface area contributed by atoms with Crippen LogP contribution in [0.25, 0.3) is 0 Å². The number of aryl methyl sites for hydroxylation is 1. The quantitative estimate of drug-likeness (QED) is 0.516. The van der Waals surface area contributed by atoms with Crippen molar-refractivity contribution in [2.24, 2.45) is 5.14 Å². The normalized spacial score (nSPS) is 10.8. The molecular weight excluding hydrogens is 300 g/mol. The zero-order valence-electron chi connectivity index (χ0n) is 11.0. The number of sulfonamides is 1. The fourth-order valence-corrected chi connectivity index (χ4v) is 2.91. The molecule has 1 heterocycles. The summed E-state index contributed by atoms with van der Waals surface area (Å²) in [5.74, 6) is 4.86. The van der Waals surface area contributed by atoms with E-state index in [2.05, 4.69) is 17.2 Å². The molecular formula is C12H16N2O4S2. The van der Waals surface area contributed by atoms with E-state index in [-0.39, 0.29) is 31.2 Å². The summed E-state index contributed by atoms with van der Waals surface area (Å²) in [5, 5.41) is 16.1. The van der Waals surface area contributed by atoms with Crippen LogP contribution in [-0.2, 0) is 10.0 Å². The Morgan fingerprint density at radius 3 is 2.85 bits per heavy atom. The summed E-state index contributed by atoms with van der Waals surface area (Å²) >= 11 is 1.23. The molecule has 0 radical (unpaired) electrons. The number of aliphatic hydroxyl groups is 1. The average molecular weight is 316 g/mol. The minimum absolute atomic E-state index is 0.163. The zero-order valence-corrected chi connectivity index (χ0v) is 12.6. The highest BCUT2D eigenvalue weighted by Gasteiger charge is 2.11. The molecule has 0 unspecified atom stereocenters. The SMILES string of the molecule is Cc1cc(C(=O)NCCCS(N)(=O)=O)sc1C#CCO. The third-order valence-corrected chi connectivity index (χ3v) is 4.32. The first-order chi connectivity index (χ1) is 9.33. The molecule has 0 aromatic carbocycles. The Morgan fingerprint density at radius 2 is 2.25 bits per heavy atom. The summed E-state index contributed by atoms with van der Waals surface area (Å²) in [5.41, 5.74) is 0.866. The number of amides is 1. The number of carbonyl (C=O) groups excluding carboxylic acids is 1. The fraction of sp³-hybridized carbons (Fsp3) is 0.417. The van der Waals surface area contributed by atoms with Gasteiger partial charge in [-0.15, -0.1) is 11.3 Å². The molecule has 110 valence electrons. The Hall–Kier alpha value is -1.40. The Morgan fingerprint density at radius 1 is 1.55 bits per heavy atom. The van der Waals surface area contributed by atoms with Crippen molar-refractivity contribution in [3.05, 3.63) is 21.4 Å². The molecule has 0 aliphatic rings. The molecule has 0 saturated heterocycles. The standard InChI is InChI=1S/C12H16N2O4S2/c1-9-8-11(19-10(9)4-2-6-15)12(16)14-5-3-7-20(13,17)18/h8,15H,3,5-7H2,1H3,(H,14,16)(H2,13,17,18). The van der Waals surface area contributed by atoms with Gasteiger partial charge in [-0.3, -0.25) is 4.79 Å². The lowest BCUT2D eigenvalue weighted by Gasteiger charge is -2.02. The highest BCUT2D eigenvalue weighted by molar-refractivity contribution is 7.89. The van der Waals surface area contributed by atoms with E-state index in [1.807, 2.05) is 6.92 Å². The minimum Gasteiger partial charge on any atom is -0.384 e. The number of primary sulfonamides is 1. The van der Waals surface area contributed by atoms with Crippen molar-refractivity contribution in [1.82, 2.24) is 5.32 Å². The van der Waals surface area contributed by atoms with Crippen molar-refractivity contribution in [2.45, 2.75) is 13.3 Å². The lowest BCUT2D eigenvalue weighted by molar-refractivity contribution is 0.0957. The summed E-state index contributed by atoms with van der Waals surface area (Å²) in [4.78, 5) is 13.1. The van der Waals surface area contributed by atoms with E-state index in [0.29, 0.717) is 4.88 Å². The van der Waals surface area contributed by atoms with E-state index in [1.165, 1.54) is 11.3 Å². The van der Waals surface area contributed by atoms with Gasteiger partial charge >= 0.3 is 0 Å². The van der Waals surface area contributed by atoms with E-state index in [9.17, 15) is 13.2 Å². The molecule has 0 aliphatic carbocycles. The Kier molecular flexibility index (Phi) is 6.16. The van der Waals surface area contributed by atoms with E-state index >= 15 is 0 Å². The predicted molar refractivity (Wildman–Crippen MR) is 77.9 cm³/mol. The first-order valence-electron chi connectivity index (χ1n) is 5.82. The molecule has 0 spiro atoms. The lowest BCUT2D eigenvalue weighted by atomic mass is 10.2. The van der Waals surface area contributed by atoms with Crippen molar-refractivity contribution >= 4 is 27.3 Å². The zero-order chi connectivity index (χ0) is 15.2. The summed E-state index contributed by atoms with van der Waals surface area (Å²) in [6.45, 7) is 1.84. The Bertz CT molecular complexity index is 638. The molecule has 6 nitrogen and oxygen atoms in total. The van der Waals surface area contributed by atoms with Crippen LogP contribution in [0, 0.1) is 18.8 Å². The van der Waals surface area contributed by atoms with Gasteiger partial charge in [-0.1, -0.05) is 11.8 Å². The predicted octanol–water partition coefficient (Wildman–Crippen LogP) is -0.191. The number of nitrogens with one attached hydrogen (secondary N) is 1. The maximum atomic E-state index is 11.8. The monoisotopic (exact) mass is 316 g/mol. The van der Waals surface area contributed by atoms with Crippen LogP contribution in [0.2, 0.25) is 0 Å². The van der Waals surface area contributed by atoms with Gasteiger partial charge in [0.05, 0.1) is 15.5 Å². The van der Waals surface area contributed by atoms with Gasteiger partial charge in [-0.05, 0) is 25.0 Å². The number of aliphatic hydroxyl groups excluding tert-OH is 1. The number of thiophene rings is 1. The molecule has 0 atom stereocenters. The molecule has 4 N–H and O–H groups in total. The van der Waals surface area contributed by atoms with Gasteiger partial charge in [0.25, 0.3) is 5.91 Å². The van der Waals surface area contributed by atoms with Crippen LogP contribution >= 0.6 is 11.3 Å². The van der Waals surface area contributed by atoms with Crippen LogP contribution in [0.5, 0.6) is 0 Å². The lowest BCUT2D eigenvalue weighted by Crippen LogP contribution is -2.26. The number of hydrogen-bond acceptors (Lipinski definition) is 5. The van der Waals surface area contributed by atoms with E-state index < -0.39 is 10.0 Å². The molecule has 8 heteroatoms. The molecule has 0 fully saturated rings. The van der Waals surface area contributed by atoms with Gasteiger partial charge < -0.3 is 10.4 Å². The topological polar surface area (TPSA) is 109 Å². The van der Waals surface area contributed by atoms with Crippen molar-refractivity contribution in [3.63, 3.8) is 0 Å². The van der Waals surface area contributed by atoms with Gasteiger partial charge in [0.2, 0.25) is 10.0 Å². The van der Waals surface area contributed by atoms with E-state index in [1.54, 1.807) is 6.07 Å². The first kappa shape index (κ1) is 16.7. The van der Waals surface area contributed by atoms with Gasteiger partial charge in [0.15, 0.2) is 0 Å². The smallest absolute Gasteiger partial charge is 0.261 e. The summed E-state index contributed by atoms with van der Waals surface area (Å²) < 4.78 is 21.5. The first-order valence-corrected chi connectivity index (χ1v) is 8.35. The second kappa shape index (κ2) is 7.40. The number of carbonyl (C=O) groups is 1. The third-order valence-electron chi connectivity index (χ3n) is 2.31. The molecule has 1 rings (SSSR count). The van der Waals surface area contributed by atoms with Crippen molar-refractivity contribution < 1.29 is 18.3 Å². The summed E-state index contributed by atoms with van der Waals surface area (Å²) in [6.07, 6.45) is 0.270. The van der Waals surface area contributed by atoms with Crippen LogP contribution in [0.3, 0.4) is 0 Å². The number of hydrogen-bond donors (Lipinski definition) is 3. The maximum Gasteiger partial charge on any atom is 0.261 e. The third kappa shape index (κ3) is 5.71. The fourth-order valence-electron chi connectivity index (χ4n) is 1.40. The van der Waals surface area contributed by atoms with Gasteiger partial charge in [-0.25, -0.2) is 13.6 Å². The minimum atomic E-state index is -3.49. The molecule has 20 heavy (non-hydrogen) atoms. The molecule has 0 bridgehead atoms. The second-order valence-corrected chi connectivity index (χ2v) is 6.85. The molecule has 0 saturated carbocycles. The molecule has 1 amide bonds. The average Bonchev–Trinajstić information content (AvgIpc) is 2.72. The van der Waals surface area contributed by atoms with Crippen LogP contribution in [-0.4, -0.2) is 38.3 Å².